The molecule has 0 fully saturated rings. The highest BCUT2D eigenvalue weighted by atomic mass is 32.2. The molecule has 0 aromatic heterocycles. The normalized spacial score (nSPS) is 13.4. The van der Waals surface area contributed by atoms with E-state index in [0.29, 0.717) is 23.4 Å². The van der Waals surface area contributed by atoms with Crippen LogP contribution in [0.15, 0.2) is 29.3 Å². The number of aliphatic hydroxyl groups is 2. The maximum Gasteiger partial charge on any atom is 0.240 e. The van der Waals surface area contributed by atoms with Crippen LogP contribution < -0.4 is 0 Å². The van der Waals surface area contributed by atoms with Gasteiger partial charge in [-0.3, -0.25) is 4.79 Å². The Hall–Kier alpha value is -1.46. The zero-order valence-electron chi connectivity index (χ0n) is 10.4. The van der Waals surface area contributed by atoms with E-state index in [1.807, 2.05) is 0 Å². The van der Waals surface area contributed by atoms with E-state index in [1.54, 1.807) is 18.2 Å². The average Bonchev–Trinajstić information content (AvgIpc) is 2.38. The molecule has 0 aliphatic heterocycles. The van der Waals surface area contributed by atoms with Crippen molar-refractivity contribution in [2.45, 2.75) is 25.6 Å². The molecule has 19 heavy (non-hydrogen) atoms. The summed E-state index contributed by atoms with van der Waals surface area (Å²) < 4.78 is 0. The number of carbonyl (C=O) groups excluding carboxylic acids is 2. The van der Waals surface area contributed by atoms with E-state index in [0.717, 1.165) is 11.8 Å². The molecule has 5 nitrogen and oxygen atoms in total. The molecule has 102 valence electrons. The molecule has 1 aromatic rings. The molecule has 2 unspecified atom stereocenters. The minimum absolute atomic E-state index is 0.0241. The Morgan fingerprint density at radius 3 is 2.84 bits per heavy atom. The van der Waals surface area contributed by atoms with Crippen LogP contribution in [-0.2, 0) is 9.59 Å². The second kappa shape index (κ2) is 7.86. The van der Waals surface area contributed by atoms with Gasteiger partial charge in [0.15, 0.2) is 5.12 Å². The van der Waals surface area contributed by atoms with Crippen LogP contribution in [-0.4, -0.2) is 33.3 Å². The Kier molecular flexibility index (Phi) is 6.45. The molecule has 0 aliphatic rings. The van der Waals surface area contributed by atoms with Crippen LogP contribution >= 0.6 is 11.8 Å². The number of hydrogen-bond acceptors (Lipinski definition) is 6. The smallest absolute Gasteiger partial charge is 0.240 e. The lowest BCUT2D eigenvalue weighted by Crippen LogP contribution is -2.19. The predicted molar refractivity (Wildman–Crippen MR) is 72.9 cm³/mol. The van der Waals surface area contributed by atoms with E-state index in [4.69, 9.17) is 0 Å². The van der Waals surface area contributed by atoms with Crippen LogP contribution in [0, 0.1) is 0 Å². The second-order valence-electron chi connectivity index (χ2n) is 3.94. The summed E-state index contributed by atoms with van der Waals surface area (Å²) in [7, 11) is 0. The lowest BCUT2D eigenvalue weighted by Gasteiger charge is -2.17. The van der Waals surface area contributed by atoms with Crippen molar-refractivity contribution in [2.75, 3.05) is 5.75 Å². The molecule has 0 aliphatic carbocycles. The van der Waals surface area contributed by atoms with Crippen molar-refractivity contribution in [3.63, 3.8) is 0 Å². The number of rotatable bonds is 6. The molecular formula is C13H15NO4S. The molecule has 0 heterocycles. The van der Waals surface area contributed by atoms with Crippen molar-refractivity contribution < 1.29 is 19.8 Å². The van der Waals surface area contributed by atoms with Gasteiger partial charge in [0, 0.05) is 12.7 Å². The van der Waals surface area contributed by atoms with Crippen molar-refractivity contribution in [1.82, 2.24) is 0 Å². The lowest BCUT2D eigenvalue weighted by atomic mass is 10.0. The van der Waals surface area contributed by atoms with Gasteiger partial charge >= 0.3 is 0 Å². The van der Waals surface area contributed by atoms with Gasteiger partial charge in [-0.05, 0) is 24.1 Å². The number of nitrogens with zero attached hydrogens (tertiary/aromatic N) is 1. The SMILES string of the molecule is CC(=O)SCCC(O)C(O)c1cccc(N=C=O)c1. The van der Waals surface area contributed by atoms with Gasteiger partial charge in [-0.15, -0.1) is 0 Å². The third kappa shape index (κ3) is 5.36. The monoisotopic (exact) mass is 281 g/mol. The zero-order chi connectivity index (χ0) is 14.3. The van der Waals surface area contributed by atoms with E-state index in [2.05, 4.69) is 4.99 Å². The first-order chi connectivity index (χ1) is 9.04. The van der Waals surface area contributed by atoms with Gasteiger partial charge in [0.05, 0.1) is 11.8 Å². The number of isocyanates is 1. The fourth-order valence-electron chi connectivity index (χ4n) is 1.53. The largest absolute Gasteiger partial charge is 0.390 e. The molecule has 6 heteroatoms. The molecule has 2 atom stereocenters. The van der Waals surface area contributed by atoms with Crippen molar-refractivity contribution in [2.24, 2.45) is 4.99 Å². The first-order valence-electron chi connectivity index (χ1n) is 5.72. The van der Waals surface area contributed by atoms with Gasteiger partial charge < -0.3 is 10.2 Å². The summed E-state index contributed by atoms with van der Waals surface area (Å²) in [6.07, 6.45) is -0.330. The summed E-state index contributed by atoms with van der Waals surface area (Å²) in [5, 5.41) is 19.8. The molecule has 0 amide bonds. The molecular weight excluding hydrogens is 266 g/mol. The summed E-state index contributed by atoms with van der Waals surface area (Å²) in [4.78, 5) is 24.4. The van der Waals surface area contributed by atoms with Crippen LogP contribution in [0.2, 0.25) is 0 Å². The van der Waals surface area contributed by atoms with Crippen LogP contribution in [0.5, 0.6) is 0 Å². The fourth-order valence-corrected chi connectivity index (χ4v) is 2.18. The first kappa shape index (κ1) is 15.6. The minimum atomic E-state index is -1.07. The van der Waals surface area contributed by atoms with E-state index >= 15 is 0 Å². The molecule has 2 N–H and O–H groups in total. The standard InChI is InChI=1S/C13H15NO4S/c1-9(16)19-6-5-12(17)13(18)10-3-2-4-11(7-10)14-8-15/h2-4,7,12-13,17-18H,5-6H2,1H3. The second-order valence-corrected chi connectivity index (χ2v) is 5.21. The summed E-state index contributed by atoms with van der Waals surface area (Å²) >= 11 is 1.10. The van der Waals surface area contributed by atoms with Crippen LogP contribution in [0.3, 0.4) is 0 Å². The van der Waals surface area contributed by atoms with Crippen molar-refractivity contribution in [3.8, 4) is 0 Å². The third-order valence-electron chi connectivity index (χ3n) is 2.47. The molecule has 0 saturated carbocycles. The summed E-state index contributed by atoms with van der Waals surface area (Å²) in [5.41, 5.74) is 0.841. The molecule has 1 rings (SSSR count). The average molecular weight is 281 g/mol. The Morgan fingerprint density at radius 2 is 2.21 bits per heavy atom. The Morgan fingerprint density at radius 1 is 1.47 bits per heavy atom. The maximum atomic E-state index is 10.8. The van der Waals surface area contributed by atoms with E-state index in [-0.39, 0.29) is 5.12 Å². The fraction of sp³-hybridized carbons (Fsp3) is 0.385. The summed E-state index contributed by atoms with van der Waals surface area (Å²) in [6, 6.07) is 6.37. The number of benzene rings is 1. The van der Waals surface area contributed by atoms with E-state index in [9.17, 15) is 19.8 Å². The van der Waals surface area contributed by atoms with Crippen LogP contribution in [0.4, 0.5) is 5.69 Å². The highest BCUT2D eigenvalue weighted by Crippen LogP contribution is 2.24. The maximum absolute atomic E-state index is 10.8. The van der Waals surface area contributed by atoms with E-state index < -0.39 is 12.2 Å². The highest BCUT2D eigenvalue weighted by molar-refractivity contribution is 8.13. The molecule has 0 bridgehead atoms. The number of aliphatic hydroxyl groups excluding tert-OH is 2. The molecule has 0 spiro atoms. The number of thioether (sulfide) groups is 1. The van der Waals surface area contributed by atoms with Gasteiger partial charge in [-0.1, -0.05) is 23.9 Å². The Balaban J connectivity index is 2.65. The molecule has 0 saturated heterocycles. The Labute approximate surface area is 115 Å². The zero-order valence-corrected chi connectivity index (χ0v) is 11.3. The van der Waals surface area contributed by atoms with Crippen molar-refractivity contribution >= 4 is 28.6 Å². The topological polar surface area (TPSA) is 87.0 Å². The molecule has 0 radical (unpaired) electrons. The molecule has 1 aromatic carbocycles. The number of hydrogen-bond donors (Lipinski definition) is 2. The highest BCUT2D eigenvalue weighted by Gasteiger charge is 2.18. The van der Waals surface area contributed by atoms with E-state index in [1.165, 1.54) is 19.1 Å². The van der Waals surface area contributed by atoms with Gasteiger partial charge in [0.1, 0.15) is 6.10 Å². The first-order valence-corrected chi connectivity index (χ1v) is 6.70. The van der Waals surface area contributed by atoms with Crippen molar-refractivity contribution in [3.05, 3.63) is 29.8 Å². The van der Waals surface area contributed by atoms with Crippen LogP contribution in [0.1, 0.15) is 25.0 Å². The van der Waals surface area contributed by atoms with Crippen LogP contribution in [0.25, 0.3) is 0 Å². The lowest BCUT2D eigenvalue weighted by molar-refractivity contribution is -0.109. The predicted octanol–water partition coefficient (Wildman–Crippen LogP) is 1.72. The number of carbonyl (C=O) groups is 1. The number of aliphatic imine (C=N–C) groups is 1. The van der Waals surface area contributed by atoms with Gasteiger partial charge in [-0.25, -0.2) is 4.79 Å². The van der Waals surface area contributed by atoms with Gasteiger partial charge in [-0.2, -0.15) is 4.99 Å². The van der Waals surface area contributed by atoms with Gasteiger partial charge in [0.25, 0.3) is 0 Å². The Bertz CT molecular complexity index is 485. The third-order valence-corrected chi connectivity index (χ3v) is 3.32. The summed E-state index contributed by atoms with van der Waals surface area (Å²) in [5.74, 6) is 0.444. The summed E-state index contributed by atoms with van der Waals surface area (Å²) in [6.45, 7) is 1.45. The van der Waals surface area contributed by atoms with Gasteiger partial charge in [0.2, 0.25) is 6.08 Å². The van der Waals surface area contributed by atoms with Crippen molar-refractivity contribution in [1.29, 1.82) is 0 Å². The minimum Gasteiger partial charge on any atom is -0.390 e. The quantitative estimate of drug-likeness (QED) is 0.612.